The Balaban J connectivity index is 0.00000261. The van der Waals surface area contributed by atoms with E-state index in [1.807, 2.05) is 0 Å². The van der Waals surface area contributed by atoms with Crippen molar-refractivity contribution >= 4 is 18.3 Å². The number of carbonyl (C=O) groups excluding carboxylic acids is 1. The molecule has 0 bridgehead atoms. The number of hydrogen-bond acceptors (Lipinski definition) is 3. The van der Waals surface area contributed by atoms with Gasteiger partial charge < -0.3 is 10.6 Å². The first kappa shape index (κ1) is 21.2. The predicted octanol–water partition coefficient (Wildman–Crippen LogP) is 3.16. The molecule has 1 aromatic heterocycles. The number of halogens is 4. The third kappa shape index (κ3) is 4.81. The molecule has 0 aliphatic carbocycles. The zero-order valence-corrected chi connectivity index (χ0v) is 15.9. The number of aromatic nitrogens is 2. The minimum absolute atomic E-state index is 0. The van der Waals surface area contributed by atoms with Crippen LogP contribution >= 0.6 is 12.4 Å². The molecule has 27 heavy (non-hydrogen) atoms. The minimum atomic E-state index is -4.51. The van der Waals surface area contributed by atoms with E-state index in [0.29, 0.717) is 18.7 Å². The minimum Gasteiger partial charge on any atom is -0.352 e. The molecule has 1 unspecified atom stereocenters. The van der Waals surface area contributed by atoms with Gasteiger partial charge in [0, 0.05) is 18.8 Å². The summed E-state index contributed by atoms with van der Waals surface area (Å²) in [6, 6.07) is 5.88. The van der Waals surface area contributed by atoms with Crippen LogP contribution in [0, 0.1) is 19.8 Å². The topological polar surface area (TPSA) is 59.0 Å². The smallest absolute Gasteiger partial charge is 0.352 e. The van der Waals surface area contributed by atoms with Gasteiger partial charge in [0.15, 0.2) is 0 Å². The summed E-state index contributed by atoms with van der Waals surface area (Å²) in [7, 11) is 0. The van der Waals surface area contributed by atoms with Gasteiger partial charge in [-0.1, -0.05) is 6.07 Å². The molecule has 0 radical (unpaired) electrons. The first-order chi connectivity index (χ1) is 12.3. The average molecular weight is 403 g/mol. The van der Waals surface area contributed by atoms with E-state index in [1.165, 1.54) is 10.7 Å². The summed E-state index contributed by atoms with van der Waals surface area (Å²) in [6.07, 6.45) is -3.81. The molecule has 0 saturated carbocycles. The van der Waals surface area contributed by atoms with Gasteiger partial charge in [-0.05, 0) is 50.6 Å². The van der Waals surface area contributed by atoms with Crippen molar-refractivity contribution in [2.24, 2.45) is 5.92 Å². The van der Waals surface area contributed by atoms with Crippen molar-refractivity contribution in [3.05, 3.63) is 46.8 Å². The number of nitrogens with zero attached hydrogens (tertiary/aromatic N) is 2. The van der Waals surface area contributed by atoms with Crippen LogP contribution in [-0.4, -0.2) is 28.8 Å². The number of hydrogen-bond donors (Lipinski definition) is 2. The molecule has 5 nitrogen and oxygen atoms in total. The Kier molecular flexibility index (Phi) is 6.54. The van der Waals surface area contributed by atoms with Crippen molar-refractivity contribution in [2.45, 2.75) is 33.0 Å². The monoisotopic (exact) mass is 402 g/mol. The Hall–Kier alpha value is -2.06. The fraction of sp³-hybridized carbons (Fsp3) is 0.444. The number of benzene rings is 1. The van der Waals surface area contributed by atoms with Gasteiger partial charge >= 0.3 is 6.18 Å². The Labute approximate surface area is 161 Å². The van der Waals surface area contributed by atoms with Crippen LogP contribution in [-0.2, 0) is 17.5 Å². The first-order valence-electron chi connectivity index (χ1n) is 8.48. The lowest BCUT2D eigenvalue weighted by Gasteiger charge is -2.17. The van der Waals surface area contributed by atoms with Gasteiger partial charge in [-0.15, -0.1) is 12.4 Å². The number of rotatable bonds is 4. The van der Waals surface area contributed by atoms with Crippen molar-refractivity contribution in [3.63, 3.8) is 0 Å². The molecule has 1 aromatic carbocycles. The Morgan fingerprint density at radius 3 is 2.63 bits per heavy atom. The second kappa shape index (κ2) is 8.31. The van der Waals surface area contributed by atoms with Crippen LogP contribution in [0.15, 0.2) is 24.3 Å². The predicted molar refractivity (Wildman–Crippen MR) is 98.1 cm³/mol. The number of aryl methyl sites for hydroxylation is 2. The zero-order valence-electron chi connectivity index (χ0n) is 15.1. The van der Waals surface area contributed by atoms with E-state index in [1.54, 1.807) is 26.0 Å². The lowest BCUT2D eigenvalue weighted by molar-refractivity contribution is -0.138. The van der Waals surface area contributed by atoms with Gasteiger partial charge in [-0.2, -0.15) is 18.3 Å². The molecule has 1 amide bonds. The van der Waals surface area contributed by atoms with Gasteiger partial charge in [-0.25, -0.2) is 4.68 Å². The standard InChI is InChI=1S/C18H21F3N4O.ClH/c1-11-7-12(2)25(24-11)15-4-3-13(16(8-15)18(19,20)21)10-23-17(26)14-5-6-22-9-14;/h3-4,7-8,14,22H,5-6,9-10H2,1-2H3,(H,23,26);1H. The number of amides is 1. The summed E-state index contributed by atoms with van der Waals surface area (Å²) >= 11 is 0. The highest BCUT2D eigenvalue weighted by Gasteiger charge is 2.34. The molecule has 1 atom stereocenters. The third-order valence-corrected chi connectivity index (χ3v) is 4.54. The van der Waals surface area contributed by atoms with Crippen LogP contribution in [0.4, 0.5) is 13.2 Å². The summed E-state index contributed by atoms with van der Waals surface area (Å²) in [5.41, 5.74) is 1.12. The lowest BCUT2D eigenvalue weighted by Crippen LogP contribution is -2.32. The van der Waals surface area contributed by atoms with E-state index in [-0.39, 0.29) is 36.3 Å². The quantitative estimate of drug-likeness (QED) is 0.826. The van der Waals surface area contributed by atoms with Crippen molar-refractivity contribution in [1.29, 1.82) is 0 Å². The summed E-state index contributed by atoms with van der Waals surface area (Å²) in [4.78, 5) is 12.1. The van der Waals surface area contributed by atoms with Crippen molar-refractivity contribution < 1.29 is 18.0 Å². The maximum Gasteiger partial charge on any atom is 0.416 e. The normalized spacial score (nSPS) is 16.9. The summed E-state index contributed by atoms with van der Waals surface area (Å²) in [5.74, 6) is -0.399. The molecule has 1 aliphatic rings. The van der Waals surface area contributed by atoms with E-state index >= 15 is 0 Å². The molecule has 148 valence electrons. The van der Waals surface area contributed by atoms with Crippen LogP contribution in [0.2, 0.25) is 0 Å². The molecule has 3 rings (SSSR count). The highest BCUT2D eigenvalue weighted by molar-refractivity contribution is 5.85. The van der Waals surface area contributed by atoms with Crippen LogP contribution in [0.3, 0.4) is 0 Å². The molecule has 1 saturated heterocycles. The highest BCUT2D eigenvalue weighted by Crippen LogP contribution is 2.33. The molecule has 9 heteroatoms. The van der Waals surface area contributed by atoms with Crippen LogP contribution in [0.25, 0.3) is 5.69 Å². The van der Waals surface area contributed by atoms with Crippen LogP contribution in [0.1, 0.15) is 28.9 Å². The summed E-state index contributed by atoms with van der Waals surface area (Å²) in [5, 5.41) is 9.93. The van der Waals surface area contributed by atoms with Gasteiger partial charge in [0.2, 0.25) is 5.91 Å². The van der Waals surface area contributed by atoms with Crippen LogP contribution in [0.5, 0.6) is 0 Å². The number of carbonyl (C=O) groups is 1. The lowest BCUT2D eigenvalue weighted by atomic mass is 10.0. The second-order valence-electron chi connectivity index (χ2n) is 6.59. The molecular weight excluding hydrogens is 381 g/mol. The van der Waals surface area contributed by atoms with E-state index in [9.17, 15) is 18.0 Å². The number of nitrogens with one attached hydrogen (secondary N) is 2. The molecule has 2 aromatic rings. The maximum atomic E-state index is 13.5. The third-order valence-electron chi connectivity index (χ3n) is 4.54. The molecule has 2 N–H and O–H groups in total. The largest absolute Gasteiger partial charge is 0.416 e. The van der Waals surface area contributed by atoms with E-state index in [2.05, 4.69) is 15.7 Å². The molecule has 0 spiro atoms. The maximum absolute atomic E-state index is 13.5. The highest BCUT2D eigenvalue weighted by atomic mass is 35.5. The molecular formula is C18H22ClF3N4O. The second-order valence-corrected chi connectivity index (χ2v) is 6.59. The Morgan fingerprint density at radius 2 is 2.07 bits per heavy atom. The fourth-order valence-electron chi connectivity index (χ4n) is 3.21. The van der Waals surface area contributed by atoms with Crippen molar-refractivity contribution in [1.82, 2.24) is 20.4 Å². The van der Waals surface area contributed by atoms with Crippen molar-refractivity contribution in [3.8, 4) is 5.69 Å². The molecule has 1 aliphatic heterocycles. The van der Waals surface area contributed by atoms with E-state index in [0.717, 1.165) is 24.0 Å². The first-order valence-corrected chi connectivity index (χ1v) is 8.48. The van der Waals surface area contributed by atoms with Gasteiger partial charge in [0.1, 0.15) is 0 Å². The van der Waals surface area contributed by atoms with E-state index in [4.69, 9.17) is 0 Å². The van der Waals surface area contributed by atoms with Gasteiger partial charge in [0.25, 0.3) is 0 Å². The SMILES string of the molecule is Cc1cc(C)n(-c2ccc(CNC(=O)C3CCNC3)c(C(F)(F)F)c2)n1.Cl. The van der Waals surface area contributed by atoms with Gasteiger partial charge in [0.05, 0.1) is 22.9 Å². The molecule has 1 fully saturated rings. The zero-order chi connectivity index (χ0) is 18.9. The Bertz CT molecular complexity index is 813. The Morgan fingerprint density at radius 1 is 1.33 bits per heavy atom. The molecule has 2 heterocycles. The fourth-order valence-corrected chi connectivity index (χ4v) is 3.21. The van der Waals surface area contributed by atoms with Gasteiger partial charge in [-0.3, -0.25) is 4.79 Å². The average Bonchev–Trinajstić information content (AvgIpc) is 3.21. The van der Waals surface area contributed by atoms with E-state index < -0.39 is 11.7 Å². The van der Waals surface area contributed by atoms with Crippen molar-refractivity contribution in [2.75, 3.05) is 13.1 Å². The number of alkyl halides is 3. The summed E-state index contributed by atoms with van der Waals surface area (Å²) < 4.78 is 42.1. The summed E-state index contributed by atoms with van der Waals surface area (Å²) in [6.45, 7) is 4.74. The van der Waals surface area contributed by atoms with Crippen LogP contribution < -0.4 is 10.6 Å².